The predicted molar refractivity (Wildman–Crippen MR) is 83.8 cm³/mol. The molecule has 0 aromatic carbocycles. The molecule has 0 aromatic heterocycles. The molecule has 0 bridgehead atoms. The van der Waals surface area contributed by atoms with Gasteiger partial charge < -0.3 is 10.1 Å². The molecule has 20 heavy (non-hydrogen) atoms. The van der Waals surface area contributed by atoms with E-state index in [4.69, 9.17) is 4.74 Å². The molecule has 1 saturated heterocycles. The lowest BCUT2D eigenvalue weighted by Gasteiger charge is -2.44. The van der Waals surface area contributed by atoms with E-state index in [1.165, 1.54) is 64.2 Å². The first-order valence-corrected chi connectivity index (χ1v) is 9.04. The molecule has 2 heteroatoms. The van der Waals surface area contributed by atoms with Crippen LogP contribution in [0.25, 0.3) is 0 Å². The van der Waals surface area contributed by atoms with Crippen LogP contribution in [0.4, 0.5) is 0 Å². The normalized spacial score (nSPS) is 39.0. The molecule has 0 amide bonds. The maximum Gasteiger partial charge on any atom is 0.0685 e. The predicted octanol–water partition coefficient (Wildman–Crippen LogP) is 4.14. The van der Waals surface area contributed by atoms with Gasteiger partial charge in [0.2, 0.25) is 0 Å². The largest absolute Gasteiger partial charge is 0.375 e. The van der Waals surface area contributed by atoms with Gasteiger partial charge in [-0.15, -0.1) is 0 Å². The molecule has 3 aliphatic rings. The Balaban J connectivity index is 1.63. The highest BCUT2D eigenvalue weighted by Gasteiger charge is 2.43. The van der Waals surface area contributed by atoms with Gasteiger partial charge in [0, 0.05) is 12.6 Å². The van der Waals surface area contributed by atoms with Gasteiger partial charge >= 0.3 is 0 Å². The fraction of sp³-hybridized carbons (Fsp3) is 1.00. The molecular weight excluding hydrogens is 246 g/mol. The van der Waals surface area contributed by atoms with E-state index >= 15 is 0 Å². The number of ether oxygens (including phenoxy) is 1. The third kappa shape index (κ3) is 3.06. The zero-order valence-electron chi connectivity index (χ0n) is 13.5. The third-order valence-electron chi connectivity index (χ3n) is 6.46. The number of nitrogens with one attached hydrogen (secondary N) is 1. The van der Waals surface area contributed by atoms with Crippen LogP contribution in [0.15, 0.2) is 0 Å². The first-order valence-electron chi connectivity index (χ1n) is 9.04. The molecule has 2 atom stereocenters. The van der Waals surface area contributed by atoms with Gasteiger partial charge in [0.1, 0.15) is 0 Å². The van der Waals surface area contributed by atoms with Gasteiger partial charge in [0.05, 0.1) is 5.60 Å². The fourth-order valence-electron chi connectivity index (χ4n) is 5.24. The molecule has 116 valence electrons. The van der Waals surface area contributed by atoms with Crippen molar-refractivity contribution in [2.45, 2.75) is 82.8 Å². The molecular formula is C18H33NO. The monoisotopic (exact) mass is 279 g/mol. The molecule has 3 rings (SSSR count). The Bertz CT molecular complexity index is 303. The summed E-state index contributed by atoms with van der Waals surface area (Å²) in [5, 5.41) is 3.71. The lowest BCUT2D eigenvalue weighted by molar-refractivity contribution is -0.101. The van der Waals surface area contributed by atoms with Crippen molar-refractivity contribution in [3.63, 3.8) is 0 Å². The van der Waals surface area contributed by atoms with Crippen LogP contribution in [0.3, 0.4) is 0 Å². The molecule has 1 aliphatic heterocycles. The maximum atomic E-state index is 6.23. The SMILES string of the molecule is CNC(C1CCC(C)CC1)C1CCOC2(CCCC2)C1. The minimum absolute atomic E-state index is 0.278. The lowest BCUT2D eigenvalue weighted by atomic mass is 9.71. The maximum absolute atomic E-state index is 6.23. The van der Waals surface area contributed by atoms with Crippen LogP contribution >= 0.6 is 0 Å². The van der Waals surface area contributed by atoms with Gasteiger partial charge in [-0.1, -0.05) is 32.6 Å². The molecule has 2 saturated carbocycles. The Labute approximate surface area is 125 Å². The average Bonchev–Trinajstić information content (AvgIpc) is 2.90. The standard InChI is InChI=1S/C18H33NO/c1-14-5-7-15(8-6-14)17(19-2)16-9-12-20-18(13-16)10-3-4-11-18/h14-17,19H,3-13H2,1-2H3. The second-order valence-electron chi connectivity index (χ2n) is 7.83. The molecule has 1 spiro atoms. The summed E-state index contributed by atoms with van der Waals surface area (Å²) in [7, 11) is 2.19. The van der Waals surface area contributed by atoms with Gasteiger partial charge in [-0.2, -0.15) is 0 Å². The summed E-state index contributed by atoms with van der Waals surface area (Å²) in [6, 6.07) is 0.740. The summed E-state index contributed by atoms with van der Waals surface area (Å²) in [5.41, 5.74) is 0.278. The summed E-state index contributed by atoms with van der Waals surface area (Å²) < 4.78 is 6.23. The van der Waals surface area contributed by atoms with Crippen molar-refractivity contribution in [1.29, 1.82) is 0 Å². The first-order chi connectivity index (χ1) is 9.72. The van der Waals surface area contributed by atoms with E-state index < -0.39 is 0 Å². The van der Waals surface area contributed by atoms with Crippen molar-refractivity contribution in [1.82, 2.24) is 5.32 Å². The summed E-state index contributed by atoms with van der Waals surface area (Å²) in [5.74, 6) is 2.72. The Kier molecular flexibility index (Phi) is 4.72. The van der Waals surface area contributed by atoms with E-state index in [1.807, 2.05) is 0 Å². The average molecular weight is 279 g/mol. The zero-order valence-corrected chi connectivity index (χ0v) is 13.5. The van der Waals surface area contributed by atoms with E-state index in [9.17, 15) is 0 Å². The topological polar surface area (TPSA) is 21.3 Å². The molecule has 0 radical (unpaired) electrons. The highest BCUT2D eigenvalue weighted by atomic mass is 16.5. The Hall–Kier alpha value is -0.0800. The smallest absolute Gasteiger partial charge is 0.0685 e. The van der Waals surface area contributed by atoms with E-state index in [1.54, 1.807) is 0 Å². The van der Waals surface area contributed by atoms with E-state index in [-0.39, 0.29) is 5.60 Å². The molecule has 3 fully saturated rings. The molecule has 2 nitrogen and oxygen atoms in total. The molecule has 2 aliphatic carbocycles. The van der Waals surface area contributed by atoms with Crippen LogP contribution in [0.1, 0.15) is 71.1 Å². The molecule has 2 unspecified atom stereocenters. The molecule has 1 heterocycles. The summed E-state index contributed by atoms with van der Waals surface area (Å²) in [6.07, 6.45) is 13.8. The van der Waals surface area contributed by atoms with Gasteiger partial charge in [-0.3, -0.25) is 0 Å². The molecule has 1 N–H and O–H groups in total. The van der Waals surface area contributed by atoms with Gasteiger partial charge in [0.15, 0.2) is 0 Å². The van der Waals surface area contributed by atoms with Crippen molar-refractivity contribution >= 4 is 0 Å². The second-order valence-corrected chi connectivity index (χ2v) is 7.83. The third-order valence-corrected chi connectivity index (χ3v) is 6.46. The Morgan fingerprint density at radius 2 is 1.70 bits per heavy atom. The summed E-state index contributed by atoms with van der Waals surface area (Å²) in [6.45, 7) is 3.43. The number of hydrogen-bond donors (Lipinski definition) is 1. The van der Waals surface area contributed by atoms with Crippen LogP contribution in [-0.2, 0) is 4.74 Å². The first kappa shape index (κ1) is 14.8. The van der Waals surface area contributed by atoms with Crippen molar-refractivity contribution in [2.24, 2.45) is 17.8 Å². The summed E-state index contributed by atoms with van der Waals surface area (Å²) >= 11 is 0. The van der Waals surface area contributed by atoms with Crippen LogP contribution in [0, 0.1) is 17.8 Å². The van der Waals surface area contributed by atoms with Crippen LogP contribution in [0.5, 0.6) is 0 Å². The van der Waals surface area contributed by atoms with Crippen molar-refractivity contribution in [3.8, 4) is 0 Å². The van der Waals surface area contributed by atoms with Crippen molar-refractivity contribution in [2.75, 3.05) is 13.7 Å². The van der Waals surface area contributed by atoms with E-state index in [2.05, 4.69) is 19.3 Å². The zero-order chi connectivity index (χ0) is 14.0. The Morgan fingerprint density at radius 3 is 2.35 bits per heavy atom. The van der Waals surface area contributed by atoms with Crippen LogP contribution in [0.2, 0.25) is 0 Å². The number of rotatable bonds is 3. The molecule has 0 aromatic rings. The van der Waals surface area contributed by atoms with Crippen LogP contribution in [-0.4, -0.2) is 25.3 Å². The van der Waals surface area contributed by atoms with Gasteiger partial charge in [-0.05, 0) is 63.3 Å². The van der Waals surface area contributed by atoms with Gasteiger partial charge in [-0.25, -0.2) is 0 Å². The quantitative estimate of drug-likeness (QED) is 0.838. The van der Waals surface area contributed by atoms with E-state index in [0.29, 0.717) is 0 Å². The van der Waals surface area contributed by atoms with E-state index in [0.717, 1.165) is 30.4 Å². The second kappa shape index (κ2) is 6.36. The minimum atomic E-state index is 0.278. The lowest BCUT2D eigenvalue weighted by Crippen LogP contribution is -2.48. The van der Waals surface area contributed by atoms with Crippen LogP contribution < -0.4 is 5.32 Å². The highest BCUT2D eigenvalue weighted by Crippen LogP contribution is 2.45. The highest BCUT2D eigenvalue weighted by molar-refractivity contribution is 4.96. The fourth-order valence-corrected chi connectivity index (χ4v) is 5.24. The number of hydrogen-bond acceptors (Lipinski definition) is 2. The Morgan fingerprint density at radius 1 is 1.00 bits per heavy atom. The minimum Gasteiger partial charge on any atom is -0.375 e. The van der Waals surface area contributed by atoms with Crippen molar-refractivity contribution in [3.05, 3.63) is 0 Å². The summed E-state index contributed by atoms with van der Waals surface area (Å²) in [4.78, 5) is 0. The van der Waals surface area contributed by atoms with Crippen molar-refractivity contribution < 1.29 is 4.74 Å². The van der Waals surface area contributed by atoms with Gasteiger partial charge in [0.25, 0.3) is 0 Å².